The maximum atomic E-state index is 6.29. The summed E-state index contributed by atoms with van der Waals surface area (Å²) in [7, 11) is 0. The Bertz CT molecular complexity index is 601. The highest BCUT2D eigenvalue weighted by Crippen LogP contribution is 2.34. The first kappa shape index (κ1) is 17.0. The molecule has 0 nitrogen and oxygen atoms in total. The van der Waals surface area contributed by atoms with Crippen LogP contribution in [0.15, 0.2) is 42.5 Å². The Morgan fingerprint density at radius 2 is 1.52 bits per heavy atom. The molecule has 21 heavy (non-hydrogen) atoms. The van der Waals surface area contributed by atoms with Gasteiger partial charge in [-0.1, -0.05) is 59.1 Å². The summed E-state index contributed by atoms with van der Waals surface area (Å²) < 4.78 is 0. The van der Waals surface area contributed by atoms with Crippen molar-refractivity contribution in [2.24, 2.45) is 0 Å². The molecule has 2 rings (SSSR count). The Morgan fingerprint density at radius 1 is 0.905 bits per heavy atom. The van der Waals surface area contributed by atoms with E-state index in [0.29, 0.717) is 28.2 Å². The lowest BCUT2D eigenvalue weighted by Crippen LogP contribution is -2.33. The number of alkyl halides is 2. The number of halogens is 4. The van der Waals surface area contributed by atoms with Gasteiger partial charge in [-0.05, 0) is 36.6 Å². The van der Waals surface area contributed by atoms with Gasteiger partial charge in [-0.25, -0.2) is 0 Å². The van der Waals surface area contributed by atoms with Crippen LogP contribution in [-0.4, -0.2) is 11.8 Å². The molecule has 0 N–H and O–H groups in total. The minimum absolute atomic E-state index is 0.339. The van der Waals surface area contributed by atoms with E-state index in [4.69, 9.17) is 46.4 Å². The molecule has 0 aromatic heterocycles. The molecule has 0 heterocycles. The number of hydrogen-bond donors (Lipinski definition) is 0. The van der Waals surface area contributed by atoms with Crippen molar-refractivity contribution < 1.29 is 0 Å². The van der Waals surface area contributed by atoms with Gasteiger partial charge in [-0.2, -0.15) is 0 Å². The average Bonchev–Trinajstić information content (AvgIpc) is 2.48. The zero-order valence-corrected chi connectivity index (χ0v) is 14.7. The molecule has 0 unspecified atom stereocenters. The van der Waals surface area contributed by atoms with E-state index in [1.807, 2.05) is 12.1 Å². The Labute approximate surface area is 146 Å². The third-order valence-corrected chi connectivity index (χ3v) is 5.33. The summed E-state index contributed by atoms with van der Waals surface area (Å²) in [6.07, 6.45) is 0.680. The van der Waals surface area contributed by atoms with Crippen LogP contribution in [0.2, 0.25) is 10.0 Å². The molecular formula is C17H16Cl4. The second-order valence-electron chi connectivity index (χ2n) is 5.33. The molecule has 0 aliphatic heterocycles. The van der Waals surface area contributed by atoms with E-state index < -0.39 is 0 Å². The Morgan fingerprint density at radius 3 is 2.05 bits per heavy atom. The zero-order valence-electron chi connectivity index (χ0n) is 11.7. The van der Waals surface area contributed by atoms with Gasteiger partial charge in [0.05, 0.1) is 0 Å². The summed E-state index contributed by atoms with van der Waals surface area (Å²) in [6.45, 7) is 2.06. The zero-order chi connectivity index (χ0) is 15.5. The average molecular weight is 362 g/mol. The molecule has 0 fully saturated rings. The minimum Gasteiger partial charge on any atom is -0.126 e. The van der Waals surface area contributed by atoms with Crippen molar-refractivity contribution in [3.63, 3.8) is 0 Å². The van der Waals surface area contributed by atoms with E-state index in [1.165, 1.54) is 5.56 Å². The monoisotopic (exact) mass is 360 g/mol. The highest BCUT2D eigenvalue weighted by molar-refractivity contribution is 6.35. The third kappa shape index (κ3) is 3.87. The summed E-state index contributed by atoms with van der Waals surface area (Å²) in [5.74, 6) is 0.858. The molecule has 0 atom stereocenters. The van der Waals surface area contributed by atoms with Crippen LogP contribution in [-0.2, 0) is 11.8 Å². The van der Waals surface area contributed by atoms with Crippen LogP contribution in [0.5, 0.6) is 0 Å². The van der Waals surface area contributed by atoms with Crippen LogP contribution in [0.1, 0.15) is 16.7 Å². The fraction of sp³-hybridized carbons (Fsp3) is 0.294. The van der Waals surface area contributed by atoms with Gasteiger partial charge >= 0.3 is 0 Å². The third-order valence-electron chi connectivity index (χ3n) is 3.72. The Hall–Kier alpha value is -0.400. The predicted octanol–water partition coefficient (Wildman–Crippen LogP) is 6.26. The lowest BCUT2D eigenvalue weighted by Gasteiger charge is -2.31. The van der Waals surface area contributed by atoms with Crippen LogP contribution in [0.25, 0.3) is 0 Å². The molecular weight excluding hydrogens is 346 g/mol. The molecule has 2 aromatic rings. The largest absolute Gasteiger partial charge is 0.126 e. The molecule has 0 amide bonds. The highest BCUT2D eigenvalue weighted by atomic mass is 35.5. The number of rotatable bonds is 5. The van der Waals surface area contributed by atoms with Gasteiger partial charge in [-0.15, -0.1) is 23.2 Å². The first-order valence-electron chi connectivity index (χ1n) is 6.64. The summed E-state index contributed by atoms with van der Waals surface area (Å²) in [5.41, 5.74) is 3.00. The van der Waals surface area contributed by atoms with E-state index in [2.05, 4.69) is 31.2 Å². The normalized spacial score (nSPS) is 11.7. The molecule has 0 saturated carbocycles. The van der Waals surface area contributed by atoms with Crippen molar-refractivity contribution >= 4 is 46.4 Å². The number of hydrogen-bond acceptors (Lipinski definition) is 0. The SMILES string of the molecule is Cc1ccc(C(CCl)(CCl)Cc2ccc(Cl)cc2Cl)cc1. The van der Waals surface area contributed by atoms with E-state index in [0.717, 1.165) is 11.1 Å². The van der Waals surface area contributed by atoms with Gasteiger partial charge in [0.15, 0.2) is 0 Å². The maximum Gasteiger partial charge on any atom is 0.0453 e. The molecule has 0 aliphatic carbocycles. The first-order valence-corrected chi connectivity index (χ1v) is 8.46. The van der Waals surface area contributed by atoms with Gasteiger partial charge in [-0.3, -0.25) is 0 Å². The second-order valence-corrected chi connectivity index (χ2v) is 6.70. The van der Waals surface area contributed by atoms with Crippen LogP contribution in [0.3, 0.4) is 0 Å². The van der Waals surface area contributed by atoms with Crippen molar-refractivity contribution in [1.82, 2.24) is 0 Å². The Balaban J connectivity index is 2.40. The van der Waals surface area contributed by atoms with Crippen molar-refractivity contribution in [3.8, 4) is 0 Å². The van der Waals surface area contributed by atoms with E-state index in [9.17, 15) is 0 Å². The van der Waals surface area contributed by atoms with E-state index in [1.54, 1.807) is 6.07 Å². The molecule has 112 valence electrons. The summed E-state index contributed by atoms with van der Waals surface area (Å²) >= 11 is 24.8. The van der Waals surface area contributed by atoms with Crippen LogP contribution in [0.4, 0.5) is 0 Å². The molecule has 4 heteroatoms. The smallest absolute Gasteiger partial charge is 0.0453 e. The molecule has 0 aliphatic rings. The van der Waals surface area contributed by atoms with Gasteiger partial charge in [0.1, 0.15) is 0 Å². The number of aryl methyl sites for hydroxylation is 1. The van der Waals surface area contributed by atoms with Crippen LogP contribution >= 0.6 is 46.4 Å². The molecule has 0 radical (unpaired) electrons. The first-order chi connectivity index (χ1) is 10.0. The summed E-state index contributed by atoms with van der Waals surface area (Å²) in [4.78, 5) is 0. The quantitative estimate of drug-likeness (QED) is 0.551. The van der Waals surface area contributed by atoms with Crippen molar-refractivity contribution in [2.75, 3.05) is 11.8 Å². The topological polar surface area (TPSA) is 0 Å². The second kappa shape index (κ2) is 7.24. The number of benzene rings is 2. The van der Waals surface area contributed by atoms with Gasteiger partial charge in [0, 0.05) is 27.2 Å². The predicted molar refractivity (Wildman–Crippen MR) is 94.5 cm³/mol. The molecule has 2 aromatic carbocycles. The standard InChI is InChI=1S/C17H16Cl4/c1-12-2-5-14(6-3-12)17(10-18,11-19)9-13-4-7-15(20)8-16(13)21/h2-8H,9-11H2,1H3. The highest BCUT2D eigenvalue weighted by Gasteiger charge is 2.31. The molecule has 0 saturated heterocycles. The van der Waals surface area contributed by atoms with Gasteiger partial charge in [0.2, 0.25) is 0 Å². The van der Waals surface area contributed by atoms with Gasteiger partial charge in [0.25, 0.3) is 0 Å². The van der Waals surface area contributed by atoms with Crippen molar-refractivity contribution in [3.05, 3.63) is 69.2 Å². The summed E-state index contributed by atoms with van der Waals surface area (Å²) in [5, 5.41) is 1.27. The lowest BCUT2D eigenvalue weighted by molar-refractivity contribution is 0.536. The van der Waals surface area contributed by atoms with Crippen molar-refractivity contribution in [1.29, 1.82) is 0 Å². The summed E-state index contributed by atoms with van der Waals surface area (Å²) in [6, 6.07) is 13.9. The Kier molecular flexibility index (Phi) is 5.85. The maximum absolute atomic E-state index is 6.29. The molecule has 0 bridgehead atoms. The van der Waals surface area contributed by atoms with Crippen LogP contribution in [0, 0.1) is 6.92 Å². The van der Waals surface area contributed by atoms with Crippen LogP contribution < -0.4 is 0 Å². The lowest BCUT2D eigenvalue weighted by atomic mass is 9.78. The fourth-order valence-electron chi connectivity index (χ4n) is 2.32. The fourth-order valence-corrected chi connectivity index (χ4v) is 3.58. The van der Waals surface area contributed by atoms with Gasteiger partial charge < -0.3 is 0 Å². The molecule has 0 spiro atoms. The van der Waals surface area contributed by atoms with E-state index >= 15 is 0 Å². The minimum atomic E-state index is -0.339. The van der Waals surface area contributed by atoms with E-state index in [-0.39, 0.29) is 5.41 Å². The van der Waals surface area contributed by atoms with Crippen molar-refractivity contribution in [2.45, 2.75) is 18.8 Å².